The van der Waals surface area contributed by atoms with Crippen molar-refractivity contribution >= 4 is 32.5 Å². The fourth-order valence-corrected chi connectivity index (χ4v) is 3.59. The van der Waals surface area contributed by atoms with Crippen molar-refractivity contribution in [1.82, 2.24) is 19.9 Å². The summed E-state index contributed by atoms with van der Waals surface area (Å²) < 4.78 is 11.6. The van der Waals surface area contributed by atoms with E-state index in [4.69, 9.17) is 9.47 Å². The maximum atomic E-state index is 5.35. The van der Waals surface area contributed by atoms with Crippen molar-refractivity contribution in [2.45, 2.75) is 6.92 Å². The van der Waals surface area contributed by atoms with E-state index in [9.17, 15) is 0 Å². The van der Waals surface area contributed by atoms with Gasteiger partial charge in [0.15, 0.2) is 16.7 Å². The second kappa shape index (κ2) is 7.16. The normalized spacial score (nSPS) is 10.8. The summed E-state index contributed by atoms with van der Waals surface area (Å²) in [5, 5.41) is 3.98. The van der Waals surface area contributed by atoms with E-state index >= 15 is 0 Å². The number of aromatic nitrogens is 4. The van der Waals surface area contributed by atoms with Crippen molar-refractivity contribution in [2.24, 2.45) is 0 Å². The zero-order chi connectivity index (χ0) is 18.8. The highest BCUT2D eigenvalue weighted by molar-refractivity contribution is 7.22. The third kappa shape index (κ3) is 3.52. The Morgan fingerprint density at radius 2 is 1.85 bits per heavy atom. The van der Waals surface area contributed by atoms with Gasteiger partial charge in [-0.05, 0) is 30.7 Å². The van der Waals surface area contributed by atoms with Crippen LogP contribution in [0.25, 0.3) is 21.3 Å². The van der Waals surface area contributed by atoms with Gasteiger partial charge in [-0.2, -0.15) is 0 Å². The summed E-state index contributed by atoms with van der Waals surface area (Å²) in [7, 11) is 3.17. The first kappa shape index (κ1) is 17.2. The topological polar surface area (TPSA) is 82.0 Å². The summed E-state index contributed by atoms with van der Waals surface area (Å²) >= 11 is 1.56. The largest absolute Gasteiger partial charge is 0.491 e. The number of benzene rings is 1. The molecule has 0 spiro atoms. The minimum atomic E-state index is 0.464. The van der Waals surface area contributed by atoms with E-state index in [1.807, 2.05) is 25.1 Å². The highest BCUT2D eigenvalue weighted by Crippen LogP contribution is 2.34. The number of rotatable bonds is 5. The third-order valence-corrected chi connectivity index (χ3v) is 4.88. The number of fused-ring (bicyclic) bond motifs is 1. The summed E-state index contributed by atoms with van der Waals surface area (Å²) in [6.07, 6.45) is 5.16. The maximum absolute atomic E-state index is 5.35. The molecule has 27 heavy (non-hydrogen) atoms. The molecule has 0 aliphatic carbocycles. The Labute approximate surface area is 160 Å². The van der Waals surface area contributed by atoms with Crippen LogP contribution in [-0.2, 0) is 0 Å². The monoisotopic (exact) mass is 379 g/mol. The number of hydrogen-bond donors (Lipinski definition) is 1. The van der Waals surface area contributed by atoms with Crippen molar-refractivity contribution in [3.05, 3.63) is 48.5 Å². The van der Waals surface area contributed by atoms with Gasteiger partial charge in [0.05, 0.1) is 36.3 Å². The molecular weight excluding hydrogens is 362 g/mol. The minimum Gasteiger partial charge on any atom is -0.491 e. The number of thiazole rings is 1. The van der Waals surface area contributed by atoms with Gasteiger partial charge in [-0.15, -0.1) is 0 Å². The highest BCUT2D eigenvalue weighted by atomic mass is 32.1. The van der Waals surface area contributed by atoms with Crippen LogP contribution in [0.1, 0.15) is 5.69 Å². The van der Waals surface area contributed by atoms with Crippen LogP contribution in [0.2, 0.25) is 0 Å². The van der Waals surface area contributed by atoms with E-state index in [1.165, 1.54) is 0 Å². The van der Waals surface area contributed by atoms with Crippen molar-refractivity contribution in [3.8, 4) is 22.8 Å². The first-order valence-electron chi connectivity index (χ1n) is 8.21. The first-order valence-corrected chi connectivity index (χ1v) is 9.02. The van der Waals surface area contributed by atoms with E-state index in [0.717, 1.165) is 32.2 Å². The van der Waals surface area contributed by atoms with Crippen LogP contribution in [0.4, 0.5) is 10.9 Å². The van der Waals surface area contributed by atoms with E-state index in [2.05, 4.69) is 31.3 Å². The van der Waals surface area contributed by atoms with Gasteiger partial charge in [0.25, 0.3) is 5.88 Å². The predicted octanol–water partition coefficient (Wildman–Crippen LogP) is 4.22. The summed E-state index contributed by atoms with van der Waals surface area (Å²) in [5.41, 5.74) is 3.74. The lowest BCUT2D eigenvalue weighted by Gasteiger charge is -2.08. The van der Waals surface area contributed by atoms with Crippen LogP contribution in [0.3, 0.4) is 0 Å². The second-order valence-corrected chi connectivity index (χ2v) is 6.84. The molecule has 1 aromatic carbocycles. The summed E-state index contributed by atoms with van der Waals surface area (Å²) in [6, 6.07) is 8.00. The molecule has 0 fully saturated rings. The number of nitrogens with one attached hydrogen (secondary N) is 1. The average Bonchev–Trinajstić information content (AvgIpc) is 3.08. The molecule has 7 nitrogen and oxygen atoms in total. The average molecular weight is 379 g/mol. The molecular formula is C19H17N5O2S. The molecule has 0 radical (unpaired) electrons. The molecule has 3 heterocycles. The van der Waals surface area contributed by atoms with Gasteiger partial charge < -0.3 is 14.8 Å². The Morgan fingerprint density at radius 1 is 0.963 bits per heavy atom. The molecule has 0 unspecified atom stereocenters. The molecule has 3 aromatic heterocycles. The maximum Gasteiger partial charge on any atom is 0.256 e. The lowest BCUT2D eigenvalue weighted by Crippen LogP contribution is -1.95. The molecule has 0 aliphatic heterocycles. The fraction of sp³-hybridized carbons (Fsp3) is 0.158. The number of methoxy groups -OCH3 is 2. The van der Waals surface area contributed by atoms with E-state index in [1.54, 1.807) is 44.1 Å². The van der Waals surface area contributed by atoms with Crippen LogP contribution in [0, 0.1) is 6.92 Å². The van der Waals surface area contributed by atoms with Gasteiger partial charge in [-0.25, -0.2) is 15.0 Å². The zero-order valence-corrected chi connectivity index (χ0v) is 15.9. The first-order chi connectivity index (χ1) is 13.2. The number of ether oxygens (including phenoxy) is 2. The molecule has 0 atom stereocenters. The van der Waals surface area contributed by atoms with Gasteiger partial charge in [0, 0.05) is 18.0 Å². The number of nitrogens with zero attached hydrogens (tertiary/aromatic N) is 4. The van der Waals surface area contributed by atoms with Gasteiger partial charge >= 0.3 is 0 Å². The third-order valence-electron chi connectivity index (χ3n) is 3.94. The van der Waals surface area contributed by atoms with Crippen LogP contribution in [0.15, 0.2) is 42.9 Å². The van der Waals surface area contributed by atoms with Crippen molar-refractivity contribution in [2.75, 3.05) is 19.5 Å². The van der Waals surface area contributed by atoms with E-state index < -0.39 is 0 Å². The standard InChI is InChI=1S/C19H17N5O2S/c1-11-8-20-10-17(22-11)24-19-23-14-5-4-12(7-16(14)27-19)13-6-15(25-2)18(26-3)21-9-13/h4-10H,1-3H3,(H,22,23,24). The Morgan fingerprint density at radius 3 is 2.63 bits per heavy atom. The van der Waals surface area contributed by atoms with Gasteiger partial charge in [0.1, 0.15) is 0 Å². The lowest BCUT2D eigenvalue weighted by molar-refractivity contribution is 0.343. The van der Waals surface area contributed by atoms with Crippen LogP contribution < -0.4 is 14.8 Å². The molecule has 0 aliphatic rings. The number of anilines is 2. The molecule has 0 amide bonds. The van der Waals surface area contributed by atoms with Gasteiger partial charge in [-0.1, -0.05) is 17.4 Å². The Kier molecular flexibility index (Phi) is 4.55. The Bertz CT molecular complexity index is 1110. The highest BCUT2D eigenvalue weighted by Gasteiger charge is 2.10. The molecule has 0 saturated carbocycles. The van der Waals surface area contributed by atoms with Crippen LogP contribution in [0.5, 0.6) is 11.6 Å². The number of hydrogen-bond acceptors (Lipinski definition) is 8. The van der Waals surface area contributed by atoms with Crippen molar-refractivity contribution in [1.29, 1.82) is 0 Å². The molecule has 4 rings (SSSR count). The smallest absolute Gasteiger partial charge is 0.256 e. The summed E-state index contributed by atoms with van der Waals surface area (Å²) in [6.45, 7) is 1.90. The second-order valence-electron chi connectivity index (χ2n) is 5.81. The van der Waals surface area contributed by atoms with Crippen molar-refractivity contribution in [3.63, 3.8) is 0 Å². The van der Waals surface area contributed by atoms with Gasteiger partial charge in [0.2, 0.25) is 0 Å². The number of pyridine rings is 1. The molecule has 0 saturated heterocycles. The minimum absolute atomic E-state index is 0.464. The Hall–Kier alpha value is -3.26. The van der Waals surface area contributed by atoms with Crippen LogP contribution in [-0.4, -0.2) is 34.2 Å². The number of aryl methyl sites for hydroxylation is 1. The zero-order valence-electron chi connectivity index (χ0n) is 15.1. The van der Waals surface area contributed by atoms with Gasteiger partial charge in [-0.3, -0.25) is 4.98 Å². The Balaban J connectivity index is 1.66. The quantitative estimate of drug-likeness (QED) is 0.556. The van der Waals surface area contributed by atoms with E-state index in [-0.39, 0.29) is 0 Å². The molecule has 136 valence electrons. The fourth-order valence-electron chi connectivity index (χ4n) is 2.68. The predicted molar refractivity (Wildman–Crippen MR) is 106 cm³/mol. The molecule has 8 heteroatoms. The summed E-state index contributed by atoms with van der Waals surface area (Å²) in [4.78, 5) is 17.5. The SMILES string of the molecule is COc1cc(-c2ccc3nc(Nc4cncc(C)n4)sc3c2)cnc1OC. The summed E-state index contributed by atoms with van der Waals surface area (Å²) in [5.74, 6) is 1.74. The molecule has 0 bridgehead atoms. The van der Waals surface area contributed by atoms with Crippen molar-refractivity contribution < 1.29 is 9.47 Å². The van der Waals surface area contributed by atoms with E-state index in [0.29, 0.717) is 17.4 Å². The lowest BCUT2D eigenvalue weighted by atomic mass is 10.1. The molecule has 4 aromatic rings. The van der Waals surface area contributed by atoms with Crippen LogP contribution >= 0.6 is 11.3 Å². The molecule has 1 N–H and O–H groups in total.